The number of hydrogen-bond donors (Lipinski definition) is 0. The molecule has 2 saturated carbocycles. The van der Waals surface area contributed by atoms with Crippen LogP contribution in [0.3, 0.4) is 0 Å². The van der Waals surface area contributed by atoms with Gasteiger partial charge in [0.15, 0.2) is 0 Å². The zero-order valence-electron chi connectivity index (χ0n) is 19.2. The van der Waals surface area contributed by atoms with Crippen LogP contribution < -0.4 is 0 Å². The van der Waals surface area contributed by atoms with E-state index >= 15 is 0 Å². The van der Waals surface area contributed by atoms with Crippen LogP contribution in [0.25, 0.3) is 0 Å². The SMILES string of the molecule is Cc1ccc(COC2CN(C(=O)N3CC4(CC(n5cnc(C6CC6)c5)C4)C3)C2)cc1C(F)(F)F. The number of likely N-dealkylation sites (tertiary alicyclic amines) is 2. The van der Waals surface area contributed by atoms with Crippen molar-refractivity contribution in [1.82, 2.24) is 19.4 Å². The average molecular weight is 475 g/mol. The van der Waals surface area contributed by atoms with E-state index in [1.807, 2.05) is 11.2 Å². The summed E-state index contributed by atoms with van der Waals surface area (Å²) in [6, 6.07) is 4.83. The normalized spacial score (nSPS) is 22.5. The Balaban J connectivity index is 0.928. The number of rotatable bonds is 5. The van der Waals surface area contributed by atoms with E-state index in [4.69, 9.17) is 4.74 Å². The van der Waals surface area contributed by atoms with Crippen molar-refractivity contribution >= 4 is 6.03 Å². The highest BCUT2D eigenvalue weighted by Crippen LogP contribution is 2.54. The molecule has 0 atom stereocenters. The third-order valence-corrected chi connectivity index (χ3v) is 7.91. The number of halogens is 3. The Bertz CT molecular complexity index is 1090. The first-order valence-electron chi connectivity index (χ1n) is 12.0. The van der Waals surface area contributed by atoms with Crippen molar-refractivity contribution in [3.8, 4) is 0 Å². The fourth-order valence-corrected chi connectivity index (χ4v) is 5.63. The predicted molar refractivity (Wildman–Crippen MR) is 118 cm³/mol. The topological polar surface area (TPSA) is 50.6 Å². The van der Waals surface area contributed by atoms with Crippen molar-refractivity contribution in [2.45, 2.75) is 63.5 Å². The van der Waals surface area contributed by atoms with Crippen molar-refractivity contribution in [3.05, 3.63) is 53.1 Å². The Hall–Kier alpha value is -2.55. The number of carbonyl (C=O) groups is 1. The second-order valence-electron chi connectivity index (χ2n) is 10.7. The molecular formula is C25H29F3N4O2. The summed E-state index contributed by atoms with van der Waals surface area (Å²) < 4.78 is 47.3. The molecule has 6 rings (SSSR count). The summed E-state index contributed by atoms with van der Waals surface area (Å²) in [6.07, 6.45) is 4.38. The molecule has 0 unspecified atom stereocenters. The summed E-state index contributed by atoms with van der Waals surface area (Å²) in [5.74, 6) is 0.672. The van der Waals surface area contributed by atoms with Crippen LogP contribution in [0.15, 0.2) is 30.7 Å². The number of aromatic nitrogens is 2. The molecule has 2 aliphatic heterocycles. The van der Waals surface area contributed by atoms with Crippen molar-refractivity contribution < 1.29 is 22.7 Å². The van der Waals surface area contributed by atoms with Gasteiger partial charge in [-0.1, -0.05) is 12.1 Å². The standard InChI is InChI=1S/C25H29F3N4O2/c1-16-2-3-17(6-21(16)25(26,27)28)12-34-20-9-30(10-20)23(33)32-13-24(14-32)7-19(8-24)31-11-22(29-15-31)18-4-5-18/h2-3,6,11,15,18-20H,4-5,7-10,12-14H2,1H3. The van der Waals surface area contributed by atoms with Gasteiger partial charge in [-0.3, -0.25) is 0 Å². The highest BCUT2D eigenvalue weighted by atomic mass is 19.4. The first-order valence-corrected chi connectivity index (χ1v) is 12.0. The van der Waals surface area contributed by atoms with Crippen LogP contribution in [0.5, 0.6) is 0 Å². The minimum Gasteiger partial charge on any atom is -0.370 e. The van der Waals surface area contributed by atoms with Gasteiger partial charge >= 0.3 is 12.2 Å². The van der Waals surface area contributed by atoms with Crippen LogP contribution in [0, 0.1) is 12.3 Å². The van der Waals surface area contributed by atoms with Crippen molar-refractivity contribution in [2.24, 2.45) is 5.41 Å². The van der Waals surface area contributed by atoms with Crippen LogP contribution in [-0.4, -0.2) is 57.7 Å². The number of aryl methyl sites for hydroxylation is 1. The molecule has 4 fully saturated rings. The molecule has 6 nitrogen and oxygen atoms in total. The summed E-state index contributed by atoms with van der Waals surface area (Å²) >= 11 is 0. The maximum absolute atomic E-state index is 13.1. The molecule has 2 saturated heterocycles. The molecule has 3 heterocycles. The third-order valence-electron chi connectivity index (χ3n) is 7.91. The summed E-state index contributed by atoms with van der Waals surface area (Å²) in [5.41, 5.74) is 1.56. The zero-order valence-corrected chi connectivity index (χ0v) is 19.2. The Morgan fingerprint density at radius 2 is 1.91 bits per heavy atom. The lowest BCUT2D eigenvalue weighted by Gasteiger charge is -2.60. The highest BCUT2D eigenvalue weighted by molar-refractivity contribution is 5.76. The van der Waals surface area contributed by atoms with Gasteiger partial charge in [0.2, 0.25) is 0 Å². The van der Waals surface area contributed by atoms with Crippen LogP contribution in [0.4, 0.5) is 18.0 Å². The molecule has 1 aromatic heterocycles. The lowest BCUT2D eigenvalue weighted by molar-refractivity contribution is -0.138. The highest BCUT2D eigenvalue weighted by Gasteiger charge is 2.55. The van der Waals surface area contributed by atoms with E-state index in [2.05, 4.69) is 15.7 Å². The molecule has 0 radical (unpaired) electrons. The summed E-state index contributed by atoms with van der Waals surface area (Å²) in [5, 5.41) is 0. The molecule has 9 heteroatoms. The Morgan fingerprint density at radius 1 is 1.18 bits per heavy atom. The molecule has 34 heavy (non-hydrogen) atoms. The molecule has 182 valence electrons. The number of amides is 2. The number of ether oxygens (including phenoxy) is 1. The average Bonchev–Trinajstić information content (AvgIpc) is 3.43. The van der Waals surface area contributed by atoms with Gasteiger partial charge in [0.1, 0.15) is 0 Å². The first-order chi connectivity index (χ1) is 16.2. The fraction of sp³-hybridized carbons (Fsp3) is 0.600. The van der Waals surface area contributed by atoms with E-state index in [0.29, 0.717) is 30.6 Å². The molecule has 2 aliphatic carbocycles. The lowest BCUT2D eigenvalue weighted by Crippen LogP contribution is -2.68. The van der Waals surface area contributed by atoms with Gasteiger partial charge in [0.25, 0.3) is 0 Å². The van der Waals surface area contributed by atoms with Gasteiger partial charge in [0, 0.05) is 36.7 Å². The predicted octanol–water partition coefficient (Wildman–Crippen LogP) is 4.75. The van der Waals surface area contributed by atoms with E-state index in [1.54, 1.807) is 11.0 Å². The van der Waals surface area contributed by atoms with Crippen LogP contribution in [-0.2, 0) is 17.5 Å². The second kappa shape index (κ2) is 7.73. The van der Waals surface area contributed by atoms with Crippen LogP contribution in [0.2, 0.25) is 0 Å². The number of nitrogens with zero attached hydrogens (tertiary/aromatic N) is 4. The summed E-state index contributed by atoms with van der Waals surface area (Å²) in [6.45, 7) is 4.15. The fourth-order valence-electron chi connectivity index (χ4n) is 5.63. The van der Waals surface area contributed by atoms with Gasteiger partial charge in [-0.2, -0.15) is 13.2 Å². The number of carbonyl (C=O) groups excluding carboxylic acids is 1. The Labute approximate surface area is 196 Å². The van der Waals surface area contributed by atoms with E-state index in [1.165, 1.54) is 31.5 Å². The van der Waals surface area contributed by atoms with E-state index in [0.717, 1.165) is 32.0 Å². The van der Waals surface area contributed by atoms with E-state index in [9.17, 15) is 18.0 Å². The molecule has 1 aromatic carbocycles. The summed E-state index contributed by atoms with van der Waals surface area (Å²) in [4.78, 5) is 21.0. The van der Waals surface area contributed by atoms with Crippen molar-refractivity contribution in [2.75, 3.05) is 26.2 Å². The minimum atomic E-state index is -4.37. The monoisotopic (exact) mass is 474 g/mol. The third kappa shape index (κ3) is 3.97. The molecular weight excluding hydrogens is 445 g/mol. The number of imidazole rings is 1. The molecule has 0 bridgehead atoms. The molecule has 0 N–H and O–H groups in total. The van der Waals surface area contributed by atoms with Gasteiger partial charge < -0.3 is 19.1 Å². The minimum absolute atomic E-state index is 0.0438. The molecule has 2 amide bonds. The number of hydrogen-bond acceptors (Lipinski definition) is 3. The molecule has 2 aromatic rings. The van der Waals surface area contributed by atoms with Crippen molar-refractivity contribution in [3.63, 3.8) is 0 Å². The van der Waals surface area contributed by atoms with E-state index < -0.39 is 11.7 Å². The number of alkyl halides is 3. The van der Waals surface area contributed by atoms with E-state index in [-0.39, 0.29) is 29.7 Å². The Kier molecular flexibility index (Phi) is 4.99. The quantitative estimate of drug-likeness (QED) is 0.629. The maximum atomic E-state index is 13.1. The van der Waals surface area contributed by atoms with Gasteiger partial charge in [-0.15, -0.1) is 0 Å². The molecule has 4 aliphatic rings. The molecule has 1 spiro atoms. The summed E-state index contributed by atoms with van der Waals surface area (Å²) in [7, 11) is 0. The lowest BCUT2D eigenvalue weighted by atomic mass is 9.60. The number of benzene rings is 1. The second-order valence-corrected chi connectivity index (χ2v) is 10.7. The smallest absolute Gasteiger partial charge is 0.370 e. The largest absolute Gasteiger partial charge is 0.416 e. The Morgan fingerprint density at radius 3 is 2.59 bits per heavy atom. The number of urea groups is 1. The van der Waals surface area contributed by atoms with Gasteiger partial charge in [-0.05, 0) is 49.8 Å². The van der Waals surface area contributed by atoms with Gasteiger partial charge in [-0.25, -0.2) is 9.78 Å². The maximum Gasteiger partial charge on any atom is 0.416 e. The van der Waals surface area contributed by atoms with Gasteiger partial charge in [0.05, 0.1) is 43.4 Å². The van der Waals surface area contributed by atoms with Crippen LogP contribution >= 0.6 is 0 Å². The van der Waals surface area contributed by atoms with Crippen molar-refractivity contribution in [1.29, 1.82) is 0 Å². The zero-order chi connectivity index (χ0) is 23.7. The van der Waals surface area contributed by atoms with Crippen LogP contribution in [0.1, 0.15) is 60.0 Å². The first kappa shape index (κ1) is 21.9.